The van der Waals surface area contributed by atoms with Gasteiger partial charge >= 0.3 is 17.6 Å². The van der Waals surface area contributed by atoms with Gasteiger partial charge in [0.05, 0.1) is 51.8 Å². The first kappa shape index (κ1) is 36.6. The van der Waals surface area contributed by atoms with Crippen LogP contribution in [0.4, 0.5) is 32.4 Å². The van der Waals surface area contributed by atoms with E-state index in [-0.39, 0.29) is 24.0 Å². The van der Waals surface area contributed by atoms with E-state index in [1.807, 2.05) is 18.0 Å². The Morgan fingerprint density at radius 1 is 1.14 bits per heavy atom. The Morgan fingerprint density at radius 3 is 2.47 bits per heavy atom. The van der Waals surface area contributed by atoms with Crippen molar-refractivity contribution in [1.82, 2.24) is 14.8 Å². The van der Waals surface area contributed by atoms with Gasteiger partial charge in [-0.2, -0.15) is 27.2 Å². The number of urea groups is 1. The van der Waals surface area contributed by atoms with E-state index in [9.17, 15) is 41.6 Å². The van der Waals surface area contributed by atoms with Crippen molar-refractivity contribution in [3.05, 3.63) is 78.7 Å². The number of rotatable bonds is 8. The second-order valence-electron chi connectivity index (χ2n) is 11.0. The molecule has 5 rings (SSSR count). The number of benzene rings is 2. The van der Waals surface area contributed by atoms with Crippen LogP contribution in [0.25, 0.3) is 0 Å². The van der Waals surface area contributed by atoms with Crippen LogP contribution in [0.5, 0.6) is 5.75 Å². The summed E-state index contributed by atoms with van der Waals surface area (Å²) >= 11 is 17.7. The van der Waals surface area contributed by atoms with Crippen molar-refractivity contribution in [1.29, 1.82) is 5.26 Å². The number of pyridine rings is 1. The number of anilines is 1. The first-order chi connectivity index (χ1) is 23.0. The van der Waals surface area contributed by atoms with Gasteiger partial charge in [-0.05, 0) is 66.4 Å². The minimum atomic E-state index is -4.92. The summed E-state index contributed by atoms with van der Waals surface area (Å²) in [6.45, 7) is 3.12. The molecule has 3 heterocycles. The Balaban J connectivity index is 1.62. The predicted molar refractivity (Wildman–Crippen MR) is 173 cm³/mol. The topological polar surface area (TPSA) is 110 Å². The van der Waals surface area contributed by atoms with Crippen molar-refractivity contribution < 1.29 is 36.3 Å². The van der Waals surface area contributed by atoms with E-state index < -0.39 is 60.7 Å². The number of carbonyl (C=O) groups is 2. The maximum absolute atomic E-state index is 14.3. The molecule has 2 aliphatic heterocycles. The molecule has 3 aromatic rings. The number of nitriles is 1. The molecule has 1 fully saturated rings. The summed E-state index contributed by atoms with van der Waals surface area (Å²) < 4.78 is 75.1. The van der Waals surface area contributed by atoms with Crippen molar-refractivity contribution in [3.8, 4) is 11.8 Å². The molecule has 1 N–H and O–H groups in total. The largest absolute Gasteiger partial charge is 0.495 e. The Kier molecular flexibility index (Phi) is 10.4. The number of carbonyl (C=O) groups excluding carboxylic acids is 2. The third-order valence-corrected chi connectivity index (χ3v) is 10.4. The monoisotopic (exact) mass is 763 g/mol. The van der Waals surface area contributed by atoms with E-state index in [2.05, 4.69) is 0 Å². The van der Waals surface area contributed by atoms with Crippen LogP contribution in [0.3, 0.4) is 0 Å². The SMILES string of the molecule is CCN1CCCN(c2cc3c(cc2OC)C(CC#N)N(C(=O)c2c(Sc4c(Cl)ccc(C(F)(F)F)c4Cl)cc(C(F)(F)Cl)[nH]c2=O)C3)C1=O. The zero-order valence-corrected chi connectivity index (χ0v) is 28.6. The molecule has 1 atom stereocenters. The Labute approximate surface area is 295 Å². The molecule has 0 bridgehead atoms. The number of H-pyrrole nitrogens is 1. The number of ether oxygens (including phenoxy) is 1. The fourth-order valence-electron chi connectivity index (χ4n) is 5.80. The molecular formula is C31H25Cl3F5N5O4S. The number of halogens is 8. The van der Waals surface area contributed by atoms with Crippen LogP contribution >= 0.6 is 46.6 Å². The molecule has 0 saturated carbocycles. The van der Waals surface area contributed by atoms with E-state index in [0.29, 0.717) is 72.5 Å². The molecular weight excluding hydrogens is 740 g/mol. The molecule has 49 heavy (non-hydrogen) atoms. The number of nitrogens with one attached hydrogen (secondary N) is 1. The second-order valence-corrected chi connectivity index (χ2v) is 13.3. The standard InChI is InChI=1S/C31H25Cl3F5N5O4S/c1-3-42-9-4-10-43(29(42)47)20-11-15-14-44(19(7-8-40)16(15)12-21(20)48-2)28(46)24-22(13-23(30(34,35)36)41-27(24)45)49-26-18(32)6-5-17(25(26)33)31(37,38)39/h5-6,11-13,19H,3-4,7,9-10,14H2,1-2H3,(H,41,45). The highest BCUT2D eigenvalue weighted by Gasteiger charge is 2.40. The summed E-state index contributed by atoms with van der Waals surface area (Å²) in [6.07, 6.45) is -4.50. The minimum absolute atomic E-state index is 0.181. The zero-order valence-electron chi connectivity index (χ0n) is 25.6. The molecule has 0 aliphatic carbocycles. The summed E-state index contributed by atoms with van der Waals surface area (Å²) in [7, 11) is 1.40. The normalized spacial score (nSPS) is 16.6. The number of amides is 3. The Morgan fingerprint density at radius 2 is 1.86 bits per heavy atom. The fraction of sp³-hybridized carbons (Fsp3) is 0.355. The number of aromatic nitrogens is 1. The lowest BCUT2D eigenvalue weighted by Gasteiger charge is -2.35. The lowest BCUT2D eigenvalue weighted by atomic mass is 10.0. The molecule has 18 heteroatoms. The van der Waals surface area contributed by atoms with Crippen molar-refractivity contribution in [3.63, 3.8) is 0 Å². The van der Waals surface area contributed by atoms with Gasteiger partial charge in [0.2, 0.25) is 0 Å². The van der Waals surface area contributed by atoms with Crippen molar-refractivity contribution in [2.75, 3.05) is 31.6 Å². The Hall–Kier alpha value is -3.71. The third-order valence-electron chi connectivity index (χ3n) is 8.13. The lowest BCUT2D eigenvalue weighted by molar-refractivity contribution is -0.137. The van der Waals surface area contributed by atoms with Crippen LogP contribution in [0, 0.1) is 11.3 Å². The van der Waals surface area contributed by atoms with Crippen LogP contribution in [0.2, 0.25) is 10.0 Å². The van der Waals surface area contributed by atoms with Gasteiger partial charge in [0.15, 0.2) is 0 Å². The van der Waals surface area contributed by atoms with Crippen LogP contribution in [0.15, 0.2) is 44.9 Å². The van der Waals surface area contributed by atoms with E-state index in [1.165, 1.54) is 7.11 Å². The van der Waals surface area contributed by atoms with Crippen LogP contribution in [0.1, 0.15) is 58.5 Å². The highest BCUT2D eigenvalue weighted by molar-refractivity contribution is 7.99. The van der Waals surface area contributed by atoms with Crippen LogP contribution < -0.4 is 15.2 Å². The minimum Gasteiger partial charge on any atom is -0.495 e. The highest BCUT2D eigenvalue weighted by atomic mass is 35.5. The van der Waals surface area contributed by atoms with Gasteiger partial charge < -0.3 is 19.5 Å². The van der Waals surface area contributed by atoms with Crippen molar-refractivity contribution in [2.45, 2.75) is 53.7 Å². The number of hydrogen-bond acceptors (Lipinski definition) is 6. The van der Waals surface area contributed by atoms with Gasteiger partial charge in [-0.15, -0.1) is 0 Å². The summed E-state index contributed by atoms with van der Waals surface area (Å²) in [6, 6.07) is 6.21. The average Bonchev–Trinajstić information content (AvgIpc) is 3.38. The summed E-state index contributed by atoms with van der Waals surface area (Å²) in [5, 5.41) is 4.37. The number of methoxy groups -OCH3 is 1. The molecule has 1 unspecified atom stereocenters. The quantitative estimate of drug-likeness (QED) is 0.182. The second kappa shape index (κ2) is 13.9. The van der Waals surface area contributed by atoms with Gasteiger partial charge in [-0.3, -0.25) is 14.5 Å². The molecule has 260 valence electrons. The number of aromatic amines is 1. The first-order valence-corrected chi connectivity index (χ1v) is 16.5. The fourth-order valence-corrected chi connectivity index (χ4v) is 7.65. The van der Waals surface area contributed by atoms with E-state index >= 15 is 0 Å². The van der Waals surface area contributed by atoms with Gasteiger partial charge in [-0.25, -0.2) is 4.79 Å². The number of fused-ring (bicyclic) bond motifs is 1. The molecule has 2 aliphatic rings. The average molecular weight is 765 g/mol. The van der Waals surface area contributed by atoms with Gasteiger partial charge in [0.25, 0.3) is 11.5 Å². The third kappa shape index (κ3) is 7.01. The van der Waals surface area contributed by atoms with Crippen molar-refractivity contribution >= 4 is 64.2 Å². The predicted octanol–water partition coefficient (Wildman–Crippen LogP) is 8.41. The molecule has 2 aromatic carbocycles. The molecule has 1 aromatic heterocycles. The summed E-state index contributed by atoms with van der Waals surface area (Å²) in [5.74, 6) is -0.741. The van der Waals surface area contributed by atoms with Crippen molar-refractivity contribution in [2.24, 2.45) is 0 Å². The van der Waals surface area contributed by atoms with Gasteiger partial charge in [-0.1, -0.05) is 35.0 Å². The molecule has 1 saturated heterocycles. The summed E-state index contributed by atoms with van der Waals surface area (Å²) in [4.78, 5) is 46.2. The highest BCUT2D eigenvalue weighted by Crippen LogP contribution is 2.48. The van der Waals surface area contributed by atoms with E-state index in [4.69, 9.17) is 39.5 Å². The van der Waals surface area contributed by atoms with E-state index in [1.54, 1.807) is 21.9 Å². The van der Waals surface area contributed by atoms with Crippen LogP contribution in [-0.4, -0.2) is 53.5 Å². The van der Waals surface area contributed by atoms with Gasteiger partial charge in [0.1, 0.15) is 17.0 Å². The maximum atomic E-state index is 14.3. The number of hydrogen-bond donors (Lipinski definition) is 1. The lowest BCUT2D eigenvalue weighted by Crippen LogP contribution is -2.49. The maximum Gasteiger partial charge on any atom is 0.417 e. The molecule has 0 radical (unpaired) electrons. The first-order valence-electron chi connectivity index (χ1n) is 14.5. The smallest absolute Gasteiger partial charge is 0.417 e. The van der Waals surface area contributed by atoms with Gasteiger partial charge in [0, 0.05) is 31.1 Å². The zero-order chi connectivity index (χ0) is 36.0. The van der Waals surface area contributed by atoms with Crippen LogP contribution in [-0.2, 0) is 18.1 Å². The molecule has 9 nitrogen and oxygen atoms in total. The molecule has 0 spiro atoms. The number of alkyl halides is 6. The summed E-state index contributed by atoms with van der Waals surface area (Å²) in [5.41, 5.74) is -3.07. The molecule has 3 amide bonds. The Bertz CT molecular complexity index is 1930. The van der Waals surface area contributed by atoms with E-state index in [0.717, 1.165) is 11.0 Å². The number of nitrogens with zero attached hydrogens (tertiary/aromatic N) is 4.